The van der Waals surface area contributed by atoms with Crippen LogP contribution in [0, 0.1) is 10.8 Å². The molecule has 2 aliphatic rings. The van der Waals surface area contributed by atoms with E-state index >= 15 is 0 Å². The van der Waals surface area contributed by atoms with Gasteiger partial charge < -0.3 is 10.2 Å². The number of carboxylic acid groups (broad SMARTS) is 2. The third-order valence-corrected chi connectivity index (χ3v) is 6.63. The molecule has 0 aromatic heterocycles. The van der Waals surface area contributed by atoms with Crippen molar-refractivity contribution in [3.8, 4) is 0 Å². The van der Waals surface area contributed by atoms with Gasteiger partial charge in [-0.3, -0.25) is 19.2 Å². The van der Waals surface area contributed by atoms with Gasteiger partial charge in [0.1, 0.15) is 0 Å². The van der Waals surface area contributed by atoms with Crippen molar-refractivity contribution in [2.45, 2.75) is 79.1 Å². The molecule has 2 N–H and O–H groups in total. The third kappa shape index (κ3) is 7.24. The van der Waals surface area contributed by atoms with Gasteiger partial charge in [-0.25, -0.2) is 0 Å². The Hall–Kier alpha value is -3.02. The van der Waals surface area contributed by atoms with Crippen LogP contribution in [0.3, 0.4) is 0 Å². The zero-order chi connectivity index (χ0) is 25.5. The van der Waals surface area contributed by atoms with E-state index in [1.807, 2.05) is 0 Å². The molecular formula is C28H36O6. The highest BCUT2D eigenvalue weighted by atomic mass is 16.4. The van der Waals surface area contributed by atoms with Crippen LogP contribution in [0.2, 0.25) is 0 Å². The summed E-state index contributed by atoms with van der Waals surface area (Å²) in [7, 11) is 0. The Morgan fingerprint density at radius 1 is 0.676 bits per heavy atom. The van der Waals surface area contributed by atoms with Gasteiger partial charge in [0.25, 0.3) is 0 Å². The van der Waals surface area contributed by atoms with Gasteiger partial charge in [-0.2, -0.15) is 0 Å². The van der Waals surface area contributed by atoms with Crippen LogP contribution in [0.15, 0.2) is 58.7 Å². The molecule has 0 aliphatic heterocycles. The summed E-state index contributed by atoms with van der Waals surface area (Å²) < 4.78 is 0. The standard InChI is InChI=1S/C28H36O6/c1-27(2,25(31)32)17-7-5-9-19-11-13-21(23(19)29)15-16-22-14-12-20(24(22)30)10-6-8-18-28(3,4)26(33)34/h11-16H,5-10,17-18H2,1-4H3,(H,31,32)(H,33,34)/b16-15-. The maximum absolute atomic E-state index is 12.6. The Morgan fingerprint density at radius 2 is 1.03 bits per heavy atom. The Kier molecular flexibility index (Phi) is 9.14. The first-order chi connectivity index (χ1) is 15.8. The average molecular weight is 469 g/mol. The van der Waals surface area contributed by atoms with E-state index in [0.717, 1.165) is 25.7 Å². The van der Waals surface area contributed by atoms with Crippen molar-refractivity contribution in [3.63, 3.8) is 0 Å². The number of Topliss-reactive ketones (excluding diaryl/α,β-unsaturated/α-hetero) is 2. The summed E-state index contributed by atoms with van der Waals surface area (Å²) in [4.78, 5) is 47.6. The van der Waals surface area contributed by atoms with Gasteiger partial charge in [-0.1, -0.05) is 49.3 Å². The third-order valence-electron chi connectivity index (χ3n) is 6.63. The lowest BCUT2D eigenvalue weighted by Crippen LogP contribution is -2.23. The van der Waals surface area contributed by atoms with Crippen LogP contribution < -0.4 is 0 Å². The Labute approximate surface area is 201 Å². The van der Waals surface area contributed by atoms with Gasteiger partial charge in [0.15, 0.2) is 11.6 Å². The zero-order valence-electron chi connectivity index (χ0n) is 20.6. The van der Waals surface area contributed by atoms with Crippen molar-refractivity contribution in [2.75, 3.05) is 0 Å². The second kappa shape index (κ2) is 11.4. The molecule has 34 heavy (non-hydrogen) atoms. The summed E-state index contributed by atoms with van der Waals surface area (Å²) in [6.45, 7) is 6.83. The Bertz CT molecular complexity index is 918. The molecule has 0 amide bonds. The molecule has 6 heteroatoms. The van der Waals surface area contributed by atoms with E-state index in [4.69, 9.17) is 0 Å². The normalized spacial score (nSPS) is 16.6. The predicted molar refractivity (Wildman–Crippen MR) is 131 cm³/mol. The first-order valence-corrected chi connectivity index (χ1v) is 11.9. The lowest BCUT2D eigenvalue weighted by atomic mass is 9.86. The molecule has 0 bridgehead atoms. The van der Waals surface area contributed by atoms with Gasteiger partial charge in [0.2, 0.25) is 0 Å². The summed E-state index contributed by atoms with van der Waals surface area (Å²) in [6, 6.07) is 0. The van der Waals surface area contributed by atoms with Crippen LogP contribution in [0.4, 0.5) is 0 Å². The quantitative estimate of drug-likeness (QED) is 0.314. The number of carbonyl (C=O) groups excluding carboxylic acids is 2. The molecule has 184 valence electrons. The van der Waals surface area contributed by atoms with Crippen LogP contribution in [-0.2, 0) is 19.2 Å². The van der Waals surface area contributed by atoms with Crippen LogP contribution >= 0.6 is 0 Å². The van der Waals surface area contributed by atoms with E-state index in [2.05, 4.69) is 0 Å². The van der Waals surface area contributed by atoms with Gasteiger partial charge in [-0.15, -0.1) is 0 Å². The van der Waals surface area contributed by atoms with Crippen LogP contribution in [-0.4, -0.2) is 33.7 Å². The molecule has 0 atom stereocenters. The van der Waals surface area contributed by atoms with Crippen molar-refractivity contribution >= 4 is 23.5 Å². The minimum absolute atomic E-state index is 0.0472. The van der Waals surface area contributed by atoms with E-state index in [-0.39, 0.29) is 11.6 Å². The highest BCUT2D eigenvalue weighted by Crippen LogP contribution is 2.28. The Balaban J connectivity index is 1.74. The van der Waals surface area contributed by atoms with Crippen molar-refractivity contribution < 1.29 is 29.4 Å². The number of unbranched alkanes of at least 4 members (excludes halogenated alkanes) is 2. The lowest BCUT2D eigenvalue weighted by Gasteiger charge is -2.18. The van der Waals surface area contributed by atoms with Crippen LogP contribution in [0.25, 0.3) is 0 Å². The lowest BCUT2D eigenvalue weighted by molar-refractivity contribution is -0.148. The summed E-state index contributed by atoms with van der Waals surface area (Å²) in [6.07, 6.45) is 15.8. The molecule has 0 radical (unpaired) electrons. The highest BCUT2D eigenvalue weighted by Gasteiger charge is 2.27. The largest absolute Gasteiger partial charge is 0.481 e. The van der Waals surface area contributed by atoms with Crippen molar-refractivity contribution in [1.82, 2.24) is 0 Å². The number of allylic oxidation sites excluding steroid dienone is 10. The zero-order valence-corrected chi connectivity index (χ0v) is 20.6. The number of hydrogen-bond donors (Lipinski definition) is 2. The smallest absolute Gasteiger partial charge is 0.309 e. The number of carbonyl (C=O) groups is 4. The molecule has 0 saturated carbocycles. The number of rotatable bonds is 14. The van der Waals surface area contributed by atoms with E-state index in [9.17, 15) is 29.4 Å². The molecule has 0 unspecified atom stereocenters. The molecule has 2 aliphatic carbocycles. The SMILES string of the molecule is CC(C)(CCCCC1=CC=C(/C=C\C2=CC=C(CCCCC(C)(C)C(=O)O)C2=O)C1=O)C(=O)O. The maximum Gasteiger partial charge on any atom is 0.309 e. The second-order valence-electron chi connectivity index (χ2n) is 10.4. The molecule has 6 nitrogen and oxygen atoms in total. The molecule has 0 aromatic rings. The fourth-order valence-corrected chi connectivity index (χ4v) is 3.87. The first-order valence-electron chi connectivity index (χ1n) is 11.9. The summed E-state index contributed by atoms with van der Waals surface area (Å²) >= 11 is 0. The topological polar surface area (TPSA) is 109 Å². The highest BCUT2D eigenvalue weighted by molar-refractivity contribution is 6.15. The monoisotopic (exact) mass is 468 g/mol. The average Bonchev–Trinajstić information content (AvgIpc) is 3.29. The van der Waals surface area contributed by atoms with E-state index < -0.39 is 22.8 Å². The number of carboxylic acids is 2. The minimum atomic E-state index is -0.812. The van der Waals surface area contributed by atoms with E-state index in [1.165, 1.54) is 0 Å². The number of aliphatic carboxylic acids is 2. The number of hydrogen-bond acceptors (Lipinski definition) is 4. The summed E-state index contributed by atoms with van der Waals surface area (Å²) in [5.74, 6) is -1.72. The molecular weight excluding hydrogens is 432 g/mol. The second-order valence-corrected chi connectivity index (χ2v) is 10.4. The van der Waals surface area contributed by atoms with Crippen LogP contribution in [0.5, 0.6) is 0 Å². The van der Waals surface area contributed by atoms with E-state index in [0.29, 0.717) is 48.0 Å². The first kappa shape index (κ1) is 27.2. The molecule has 0 aromatic carbocycles. The molecule has 0 heterocycles. The van der Waals surface area contributed by atoms with Gasteiger partial charge >= 0.3 is 11.9 Å². The molecule has 0 spiro atoms. The fourth-order valence-electron chi connectivity index (χ4n) is 3.87. The minimum Gasteiger partial charge on any atom is -0.481 e. The van der Waals surface area contributed by atoms with Crippen molar-refractivity contribution in [1.29, 1.82) is 0 Å². The van der Waals surface area contributed by atoms with Gasteiger partial charge in [-0.05, 0) is 66.2 Å². The molecule has 0 fully saturated rings. The van der Waals surface area contributed by atoms with Gasteiger partial charge in [0, 0.05) is 22.3 Å². The van der Waals surface area contributed by atoms with Crippen LogP contribution in [0.1, 0.15) is 79.1 Å². The summed E-state index contributed by atoms with van der Waals surface area (Å²) in [5, 5.41) is 18.4. The molecule has 0 saturated heterocycles. The van der Waals surface area contributed by atoms with Crippen molar-refractivity contribution in [3.05, 3.63) is 58.7 Å². The predicted octanol–water partition coefficient (Wildman–Crippen LogP) is 5.76. The molecule has 2 rings (SSSR count). The Morgan fingerprint density at radius 3 is 1.35 bits per heavy atom. The van der Waals surface area contributed by atoms with E-state index in [1.54, 1.807) is 64.2 Å². The maximum atomic E-state index is 12.6. The van der Waals surface area contributed by atoms with Crippen molar-refractivity contribution in [2.24, 2.45) is 10.8 Å². The fraction of sp³-hybridized carbons (Fsp3) is 0.500. The van der Waals surface area contributed by atoms with Gasteiger partial charge in [0.05, 0.1) is 10.8 Å². The number of ketones is 2. The summed E-state index contributed by atoms with van der Waals surface area (Å²) in [5.41, 5.74) is 0.982.